The van der Waals surface area contributed by atoms with Crippen LogP contribution in [0.1, 0.15) is 36.0 Å². The molecule has 0 aliphatic rings. The number of esters is 1. The largest absolute Gasteiger partial charge is 0.469 e. The highest BCUT2D eigenvalue weighted by Gasteiger charge is 2.07. The summed E-state index contributed by atoms with van der Waals surface area (Å²) in [6, 6.07) is 7.31. The number of hydrogen-bond acceptors (Lipinski definition) is 3. The fourth-order valence-corrected chi connectivity index (χ4v) is 2.08. The van der Waals surface area contributed by atoms with Crippen molar-refractivity contribution in [1.29, 1.82) is 0 Å². The average molecular weight is 328 g/mol. The zero-order valence-electron chi connectivity index (χ0n) is 10.9. The van der Waals surface area contributed by atoms with Crippen LogP contribution >= 0.6 is 15.9 Å². The second-order valence-corrected chi connectivity index (χ2v) is 4.98. The number of carbonyl (C=O) groups excluding carboxylic acids is 2. The van der Waals surface area contributed by atoms with Gasteiger partial charge in [-0.25, -0.2) is 0 Å². The molecule has 1 aromatic carbocycles. The van der Waals surface area contributed by atoms with E-state index in [9.17, 15) is 9.59 Å². The summed E-state index contributed by atoms with van der Waals surface area (Å²) in [6.45, 7) is 0.612. The molecule has 0 unspecified atom stereocenters. The van der Waals surface area contributed by atoms with Gasteiger partial charge < -0.3 is 10.1 Å². The Morgan fingerprint density at radius 1 is 1.21 bits per heavy atom. The first kappa shape index (κ1) is 15.7. The second-order valence-electron chi connectivity index (χ2n) is 4.12. The first-order chi connectivity index (χ1) is 9.15. The first-order valence-corrected chi connectivity index (χ1v) is 7.04. The number of rotatable bonds is 7. The molecule has 0 aromatic heterocycles. The quantitative estimate of drug-likeness (QED) is 0.618. The summed E-state index contributed by atoms with van der Waals surface area (Å²) < 4.78 is 5.34. The molecule has 0 aliphatic carbocycles. The summed E-state index contributed by atoms with van der Waals surface area (Å²) in [4.78, 5) is 22.7. The molecule has 0 bridgehead atoms. The van der Waals surface area contributed by atoms with Gasteiger partial charge in [0.1, 0.15) is 0 Å². The molecule has 1 aromatic rings. The molecule has 0 saturated carbocycles. The van der Waals surface area contributed by atoms with Crippen LogP contribution in [0.5, 0.6) is 0 Å². The molecule has 1 amide bonds. The Labute approximate surface area is 121 Å². The van der Waals surface area contributed by atoms with E-state index in [1.807, 2.05) is 18.2 Å². The number of ether oxygens (including phenoxy) is 1. The van der Waals surface area contributed by atoms with Gasteiger partial charge >= 0.3 is 5.97 Å². The highest BCUT2D eigenvalue weighted by atomic mass is 79.9. The van der Waals surface area contributed by atoms with Crippen LogP contribution in [0.4, 0.5) is 0 Å². The monoisotopic (exact) mass is 327 g/mol. The van der Waals surface area contributed by atoms with Crippen molar-refractivity contribution in [2.24, 2.45) is 0 Å². The normalized spacial score (nSPS) is 10.0. The van der Waals surface area contributed by atoms with Crippen molar-refractivity contribution >= 4 is 27.8 Å². The van der Waals surface area contributed by atoms with Crippen LogP contribution in [0.2, 0.25) is 0 Å². The van der Waals surface area contributed by atoms with Crippen LogP contribution < -0.4 is 5.32 Å². The molecule has 0 radical (unpaired) electrons. The Hall–Kier alpha value is -1.36. The number of benzene rings is 1. The topological polar surface area (TPSA) is 55.4 Å². The Kier molecular flexibility index (Phi) is 7.18. The van der Waals surface area contributed by atoms with Gasteiger partial charge in [-0.3, -0.25) is 9.59 Å². The molecule has 0 heterocycles. The lowest BCUT2D eigenvalue weighted by molar-refractivity contribution is -0.140. The smallest absolute Gasteiger partial charge is 0.305 e. The summed E-state index contributed by atoms with van der Waals surface area (Å²) in [5.41, 5.74) is 0.636. The molecule has 19 heavy (non-hydrogen) atoms. The number of halogens is 1. The molecule has 1 N–H and O–H groups in total. The van der Waals surface area contributed by atoms with Crippen molar-refractivity contribution in [3.05, 3.63) is 34.3 Å². The molecule has 5 heteroatoms. The third-order valence-electron chi connectivity index (χ3n) is 2.69. The first-order valence-electron chi connectivity index (χ1n) is 6.24. The van der Waals surface area contributed by atoms with Gasteiger partial charge in [0.15, 0.2) is 0 Å². The lowest BCUT2D eigenvalue weighted by atomic mass is 10.2. The van der Waals surface area contributed by atoms with Gasteiger partial charge in [0.25, 0.3) is 5.91 Å². The summed E-state index contributed by atoms with van der Waals surface area (Å²) >= 11 is 3.34. The van der Waals surface area contributed by atoms with E-state index in [-0.39, 0.29) is 11.9 Å². The van der Waals surface area contributed by atoms with Crippen molar-refractivity contribution < 1.29 is 14.3 Å². The molecule has 0 atom stereocenters. The van der Waals surface area contributed by atoms with E-state index in [2.05, 4.69) is 26.0 Å². The summed E-state index contributed by atoms with van der Waals surface area (Å²) in [5, 5.41) is 2.86. The number of nitrogens with one attached hydrogen (secondary N) is 1. The van der Waals surface area contributed by atoms with Crippen LogP contribution in [0.3, 0.4) is 0 Å². The molecular weight excluding hydrogens is 310 g/mol. The zero-order valence-corrected chi connectivity index (χ0v) is 12.5. The number of methoxy groups -OCH3 is 1. The second kappa shape index (κ2) is 8.69. The Balaban J connectivity index is 2.18. The molecule has 0 saturated heterocycles. The van der Waals surface area contributed by atoms with E-state index in [4.69, 9.17) is 0 Å². The van der Waals surface area contributed by atoms with Gasteiger partial charge in [-0.1, -0.05) is 18.6 Å². The summed E-state index contributed by atoms with van der Waals surface area (Å²) in [5.74, 6) is -0.266. The van der Waals surface area contributed by atoms with Crippen molar-refractivity contribution in [3.63, 3.8) is 0 Å². The predicted octanol–water partition coefficient (Wildman–Crippen LogP) is 2.91. The van der Waals surface area contributed by atoms with Gasteiger partial charge in [-0.15, -0.1) is 0 Å². The zero-order chi connectivity index (χ0) is 14.1. The molecule has 4 nitrogen and oxygen atoms in total. The lowest BCUT2D eigenvalue weighted by Crippen LogP contribution is -2.24. The van der Waals surface area contributed by atoms with E-state index < -0.39 is 0 Å². The molecular formula is C14H18BrNO3. The molecule has 104 valence electrons. The maximum atomic E-state index is 11.8. The van der Waals surface area contributed by atoms with Gasteiger partial charge in [-0.2, -0.15) is 0 Å². The van der Waals surface area contributed by atoms with Gasteiger partial charge in [0, 0.05) is 17.4 Å². The van der Waals surface area contributed by atoms with E-state index in [1.54, 1.807) is 6.07 Å². The maximum Gasteiger partial charge on any atom is 0.305 e. The minimum absolute atomic E-state index is 0.0829. The summed E-state index contributed by atoms with van der Waals surface area (Å²) in [7, 11) is 1.39. The number of hydrogen-bond donors (Lipinski definition) is 1. The average Bonchev–Trinajstić information content (AvgIpc) is 2.42. The fourth-order valence-electron chi connectivity index (χ4n) is 1.62. The van der Waals surface area contributed by atoms with Gasteiger partial charge in [0.2, 0.25) is 0 Å². The molecule has 0 spiro atoms. The Morgan fingerprint density at radius 3 is 2.63 bits per heavy atom. The minimum atomic E-state index is -0.183. The van der Waals surface area contributed by atoms with Gasteiger partial charge in [0.05, 0.1) is 12.7 Å². The number of carbonyl (C=O) groups is 2. The van der Waals surface area contributed by atoms with Crippen molar-refractivity contribution in [1.82, 2.24) is 5.32 Å². The number of amides is 1. The van der Waals surface area contributed by atoms with Crippen molar-refractivity contribution in [3.8, 4) is 0 Å². The summed E-state index contributed by atoms with van der Waals surface area (Å²) in [6.07, 6.45) is 2.98. The lowest BCUT2D eigenvalue weighted by Gasteiger charge is -2.06. The highest BCUT2D eigenvalue weighted by molar-refractivity contribution is 9.10. The van der Waals surface area contributed by atoms with Crippen molar-refractivity contribution in [2.75, 3.05) is 13.7 Å². The molecule has 1 rings (SSSR count). The van der Waals surface area contributed by atoms with E-state index in [0.717, 1.165) is 23.7 Å². The third kappa shape index (κ3) is 5.87. The highest BCUT2D eigenvalue weighted by Crippen LogP contribution is 2.15. The maximum absolute atomic E-state index is 11.8. The van der Waals surface area contributed by atoms with Crippen molar-refractivity contribution in [2.45, 2.75) is 25.7 Å². The predicted molar refractivity (Wildman–Crippen MR) is 77.0 cm³/mol. The van der Waals surface area contributed by atoms with Crippen LogP contribution in [-0.4, -0.2) is 25.5 Å². The Bertz CT molecular complexity index is 434. The van der Waals surface area contributed by atoms with Gasteiger partial charge in [-0.05, 0) is 40.9 Å². The fraction of sp³-hybridized carbons (Fsp3) is 0.429. The van der Waals surface area contributed by atoms with Crippen LogP contribution in [-0.2, 0) is 9.53 Å². The van der Waals surface area contributed by atoms with E-state index >= 15 is 0 Å². The Morgan fingerprint density at radius 2 is 1.95 bits per heavy atom. The molecule has 0 fully saturated rings. The van der Waals surface area contributed by atoms with Crippen LogP contribution in [0.25, 0.3) is 0 Å². The van der Waals surface area contributed by atoms with E-state index in [0.29, 0.717) is 18.5 Å². The van der Waals surface area contributed by atoms with Crippen LogP contribution in [0.15, 0.2) is 28.7 Å². The minimum Gasteiger partial charge on any atom is -0.469 e. The SMILES string of the molecule is COC(=O)CCCCCNC(=O)c1ccccc1Br. The standard InChI is InChI=1S/C14H18BrNO3/c1-19-13(17)9-3-2-6-10-16-14(18)11-7-4-5-8-12(11)15/h4-5,7-8H,2-3,6,9-10H2,1H3,(H,16,18). The third-order valence-corrected chi connectivity index (χ3v) is 3.38. The molecule has 0 aliphatic heterocycles. The van der Waals surface area contributed by atoms with E-state index in [1.165, 1.54) is 7.11 Å². The number of unbranched alkanes of at least 4 members (excludes halogenated alkanes) is 2. The van der Waals surface area contributed by atoms with Crippen LogP contribution in [0, 0.1) is 0 Å².